The summed E-state index contributed by atoms with van der Waals surface area (Å²) in [6.45, 7) is 6.56. The standard InChI is InChI=1S/C14H26N2O2/c1-14(2,15-13(17)18)10-11-4-6-12(7-5-11)16-8-3-9-16/h11-12,15H,3-10H2,1-2H3,(H,17,18). The van der Waals surface area contributed by atoms with Crippen LogP contribution in [0.1, 0.15) is 52.4 Å². The molecule has 1 aliphatic carbocycles. The molecule has 2 fully saturated rings. The van der Waals surface area contributed by atoms with Gasteiger partial charge in [0.05, 0.1) is 0 Å². The van der Waals surface area contributed by atoms with Gasteiger partial charge >= 0.3 is 6.09 Å². The van der Waals surface area contributed by atoms with Crippen LogP contribution in [0.4, 0.5) is 4.79 Å². The van der Waals surface area contributed by atoms with Gasteiger partial charge < -0.3 is 15.3 Å². The maximum Gasteiger partial charge on any atom is 0.405 e. The van der Waals surface area contributed by atoms with Crippen molar-refractivity contribution in [1.29, 1.82) is 0 Å². The summed E-state index contributed by atoms with van der Waals surface area (Å²) >= 11 is 0. The molecular weight excluding hydrogens is 228 g/mol. The van der Waals surface area contributed by atoms with Gasteiger partial charge in [0.1, 0.15) is 0 Å². The van der Waals surface area contributed by atoms with Crippen molar-refractivity contribution in [1.82, 2.24) is 10.2 Å². The third-order valence-electron chi connectivity index (χ3n) is 4.47. The predicted octanol–water partition coefficient (Wildman–Crippen LogP) is 2.69. The van der Waals surface area contributed by atoms with Crippen LogP contribution in [0.2, 0.25) is 0 Å². The number of hydrogen-bond donors (Lipinski definition) is 2. The molecule has 1 amide bonds. The van der Waals surface area contributed by atoms with Crippen LogP contribution in [0.3, 0.4) is 0 Å². The van der Waals surface area contributed by atoms with E-state index in [9.17, 15) is 4.79 Å². The zero-order valence-corrected chi connectivity index (χ0v) is 11.6. The zero-order chi connectivity index (χ0) is 13.2. The molecule has 4 nitrogen and oxygen atoms in total. The van der Waals surface area contributed by atoms with Gasteiger partial charge in [0.15, 0.2) is 0 Å². The lowest BCUT2D eigenvalue weighted by atomic mass is 9.78. The fourth-order valence-electron chi connectivity index (χ4n) is 3.48. The molecule has 18 heavy (non-hydrogen) atoms. The van der Waals surface area contributed by atoms with Gasteiger partial charge in [0.2, 0.25) is 0 Å². The number of hydrogen-bond acceptors (Lipinski definition) is 2. The Morgan fingerprint density at radius 3 is 2.33 bits per heavy atom. The fraction of sp³-hybridized carbons (Fsp3) is 0.929. The molecule has 0 aromatic carbocycles. The molecule has 104 valence electrons. The Morgan fingerprint density at radius 1 is 1.28 bits per heavy atom. The van der Waals surface area contributed by atoms with Crippen molar-refractivity contribution < 1.29 is 9.90 Å². The summed E-state index contributed by atoms with van der Waals surface area (Å²) in [5.41, 5.74) is -0.292. The minimum atomic E-state index is -0.908. The lowest BCUT2D eigenvalue weighted by molar-refractivity contribution is 0.0732. The lowest BCUT2D eigenvalue weighted by Crippen LogP contribution is -2.48. The molecule has 0 aromatic rings. The quantitative estimate of drug-likeness (QED) is 0.811. The molecule has 0 spiro atoms. The van der Waals surface area contributed by atoms with Gasteiger partial charge in [0.25, 0.3) is 0 Å². The Balaban J connectivity index is 1.73. The Bertz CT molecular complexity index is 292. The van der Waals surface area contributed by atoms with Crippen molar-refractivity contribution in [3.05, 3.63) is 0 Å². The third kappa shape index (κ3) is 3.61. The molecule has 1 saturated heterocycles. The topological polar surface area (TPSA) is 52.6 Å². The minimum Gasteiger partial charge on any atom is -0.465 e. The third-order valence-corrected chi connectivity index (χ3v) is 4.47. The maximum atomic E-state index is 10.7. The number of nitrogens with zero attached hydrogens (tertiary/aromatic N) is 1. The number of carbonyl (C=O) groups is 1. The van der Waals surface area contributed by atoms with Crippen LogP contribution in [0.25, 0.3) is 0 Å². The number of rotatable bonds is 4. The minimum absolute atomic E-state index is 0.292. The lowest BCUT2D eigenvalue weighted by Gasteiger charge is -2.43. The highest BCUT2D eigenvalue weighted by Crippen LogP contribution is 2.34. The summed E-state index contributed by atoms with van der Waals surface area (Å²) in [6, 6.07) is 0.811. The van der Waals surface area contributed by atoms with Crippen LogP contribution in [-0.4, -0.2) is 40.8 Å². The van der Waals surface area contributed by atoms with Gasteiger partial charge in [-0.2, -0.15) is 0 Å². The smallest absolute Gasteiger partial charge is 0.405 e. The van der Waals surface area contributed by atoms with E-state index in [2.05, 4.69) is 10.2 Å². The van der Waals surface area contributed by atoms with Crippen LogP contribution in [0, 0.1) is 5.92 Å². The zero-order valence-electron chi connectivity index (χ0n) is 11.6. The summed E-state index contributed by atoms with van der Waals surface area (Å²) in [4.78, 5) is 13.3. The van der Waals surface area contributed by atoms with E-state index in [-0.39, 0.29) is 5.54 Å². The summed E-state index contributed by atoms with van der Waals surface area (Å²) in [7, 11) is 0. The molecule has 0 atom stereocenters. The van der Waals surface area contributed by atoms with E-state index in [0.717, 1.165) is 12.5 Å². The molecule has 0 aromatic heterocycles. The molecule has 0 unspecified atom stereocenters. The highest BCUT2D eigenvalue weighted by molar-refractivity contribution is 5.65. The molecule has 2 N–H and O–H groups in total. The molecule has 0 bridgehead atoms. The Labute approximate surface area is 110 Å². The van der Waals surface area contributed by atoms with E-state index in [4.69, 9.17) is 5.11 Å². The van der Waals surface area contributed by atoms with Crippen LogP contribution in [0.5, 0.6) is 0 Å². The summed E-state index contributed by atoms with van der Waals surface area (Å²) in [6.07, 6.45) is 6.54. The number of amides is 1. The van der Waals surface area contributed by atoms with Crippen molar-refractivity contribution in [3.63, 3.8) is 0 Å². The monoisotopic (exact) mass is 254 g/mol. The van der Waals surface area contributed by atoms with Crippen molar-refractivity contribution in [2.75, 3.05) is 13.1 Å². The van der Waals surface area contributed by atoms with Crippen LogP contribution >= 0.6 is 0 Å². The highest BCUT2D eigenvalue weighted by atomic mass is 16.4. The molecule has 1 saturated carbocycles. The van der Waals surface area contributed by atoms with E-state index in [1.165, 1.54) is 45.2 Å². The largest absolute Gasteiger partial charge is 0.465 e. The Kier molecular flexibility index (Phi) is 4.15. The predicted molar refractivity (Wildman–Crippen MR) is 71.8 cm³/mol. The van der Waals surface area contributed by atoms with Gasteiger partial charge in [-0.05, 0) is 71.4 Å². The van der Waals surface area contributed by atoms with Gasteiger partial charge in [-0.1, -0.05) is 0 Å². The van der Waals surface area contributed by atoms with E-state index in [1.54, 1.807) is 0 Å². The van der Waals surface area contributed by atoms with Crippen LogP contribution in [-0.2, 0) is 0 Å². The normalized spacial score (nSPS) is 29.7. The second-order valence-electron chi connectivity index (χ2n) is 6.58. The Morgan fingerprint density at radius 2 is 1.89 bits per heavy atom. The average Bonchev–Trinajstić information content (AvgIpc) is 2.15. The summed E-state index contributed by atoms with van der Waals surface area (Å²) in [5, 5.41) is 11.4. The van der Waals surface area contributed by atoms with Crippen LogP contribution in [0.15, 0.2) is 0 Å². The number of carboxylic acid groups (broad SMARTS) is 1. The fourth-order valence-corrected chi connectivity index (χ4v) is 3.48. The summed E-state index contributed by atoms with van der Waals surface area (Å²) in [5.74, 6) is 0.685. The highest BCUT2D eigenvalue weighted by Gasteiger charge is 2.31. The van der Waals surface area contributed by atoms with E-state index in [1.807, 2.05) is 13.8 Å². The van der Waals surface area contributed by atoms with E-state index < -0.39 is 6.09 Å². The summed E-state index contributed by atoms with van der Waals surface area (Å²) < 4.78 is 0. The molecule has 1 aliphatic heterocycles. The molecule has 2 rings (SSSR count). The van der Waals surface area contributed by atoms with Gasteiger partial charge in [-0.3, -0.25) is 0 Å². The molecular formula is C14H26N2O2. The van der Waals surface area contributed by atoms with E-state index in [0.29, 0.717) is 5.92 Å². The second kappa shape index (κ2) is 5.47. The molecule has 2 aliphatic rings. The first-order valence-electron chi connectivity index (χ1n) is 7.21. The van der Waals surface area contributed by atoms with Crippen molar-refractivity contribution in [2.24, 2.45) is 5.92 Å². The van der Waals surface area contributed by atoms with Crippen molar-refractivity contribution >= 4 is 6.09 Å². The van der Waals surface area contributed by atoms with Crippen LogP contribution < -0.4 is 5.32 Å². The maximum absolute atomic E-state index is 10.7. The molecule has 1 heterocycles. The molecule has 4 heteroatoms. The van der Waals surface area contributed by atoms with E-state index >= 15 is 0 Å². The first kappa shape index (κ1) is 13.7. The van der Waals surface area contributed by atoms with Crippen molar-refractivity contribution in [3.8, 4) is 0 Å². The molecule has 0 radical (unpaired) electrons. The SMILES string of the molecule is CC(C)(CC1CCC(N2CCC2)CC1)NC(=O)O. The Hall–Kier alpha value is -0.770. The number of likely N-dealkylation sites (tertiary alicyclic amines) is 1. The number of nitrogens with one attached hydrogen (secondary N) is 1. The first-order valence-corrected chi connectivity index (χ1v) is 7.21. The first-order chi connectivity index (χ1) is 8.46. The van der Waals surface area contributed by atoms with Gasteiger partial charge in [-0.25, -0.2) is 4.79 Å². The average molecular weight is 254 g/mol. The van der Waals surface area contributed by atoms with Crippen molar-refractivity contribution in [2.45, 2.75) is 64.0 Å². The van der Waals surface area contributed by atoms with Gasteiger partial charge in [0, 0.05) is 11.6 Å². The van der Waals surface area contributed by atoms with Gasteiger partial charge in [-0.15, -0.1) is 0 Å². The second-order valence-corrected chi connectivity index (χ2v) is 6.58.